The summed E-state index contributed by atoms with van der Waals surface area (Å²) in [6, 6.07) is 3.41. The zero-order valence-electron chi connectivity index (χ0n) is 15.4. The summed E-state index contributed by atoms with van der Waals surface area (Å²) in [7, 11) is 0. The van der Waals surface area contributed by atoms with Crippen LogP contribution in [0.3, 0.4) is 0 Å². The van der Waals surface area contributed by atoms with Crippen molar-refractivity contribution < 1.29 is 13.9 Å². The van der Waals surface area contributed by atoms with Gasteiger partial charge < -0.3 is 15.7 Å². The lowest BCUT2D eigenvalue weighted by Gasteiger charge is -2.37. The van der Waals surface area contributed by atoms with E-state index in [1.54, 1.807) is 0 Å². The van der Waals surface area contributed by atoms with E-state index in [0.717, 1.165) is 37.9 Å². The van der Waals surface area contributed by atoms with Crippen LogP contribution in [0, 0.1) is 17.0 Å². The van der Waals surface area contributed by atoms with E-state index in [1.165, 1.54) is 25.3 Å². The molecule has 7 heteroatoms. The Morgan fingerprint density at radius 1 is 1.19 bits per heavy atom. The van der Waals surface area contributed by atoms with E-state index in [1.807, 2.05) is 6.92 Å². The molecule has 0 aromatic heterocycles. The zero-order valence-corrected chi connectivity index (χ0v) is 17.7. The smallest absolute Gasteiger partial charge is 0.191 e. The molecule has 0 atom stereocenters. The second kappa shape index (κ2) is 11.7. The second-order valence-electron chi connectivity index (χ2n) is 6.82. The Morgan fingerprint density at radius 3 is 2.58 bits per heavy atom. The number of nitrogens with one attached hydrogen (secondary N) is 2. The molecule has 0 spiro atoms. The average molecular weight is 481 g/mol. The fraction of sp³-hybridized carbons (Fsp3) is 0.632. The van der Waals surface area contributed by atoms with Crippen LogP contribution in [0.2, 0.25) is 0 Å². The van der Waals surface area contributed by atoms with Gasteiger partial charge in [0.15, 0.2) is 5.96 Å². The number of hydrogen-bond donors (Lipinski definition) is 3. The van der Waals surface area contributed by atoms with E-state index in [9.17, 15) is 13.9 Å². The van der Waals surface area contributed by atoms with Gasteiger partial charge in [-0.15, -0.1) is 24.0 Å². The second-order valence-corrected chi connectivity index (χ2v) is 6.82. The molecule has 0 amide bonds. The molecule has 1 aliphatic rings. The molecule has 0 bridgehead atoms. The number of nitrogens with zero attached hydrogens (tertiary/aromatic N) is 1. The van der Waals surface area contributed by atoms with Gasteiger partial charge in [0.1, 0.15) is 11.6 Å². The van der Waals surface area contributed by atoms with Crippen molar-refractivity contribution in [1.82, 2.24) is 10.6 Å². The standard InChI is InChI=1S/C19H29F2N3O.HI/c1-2-22-18(23-13-15-12-16(20)6-7-17(15)21)24-14-19(10-11-25)8-4-3-5-9-19;/h6-7,12,25H,2-5,8-11,13-14H2,1H3,(H2,22,23,24);1H. The lowest BCUT2D eigenvalue weighted by molar-refractivity contribution is 0.131. The minimum atomic E-state index is -0.464. The highest BCUT2D eigenvalue weighted by Gasteiger charge is 2.31. The minimum Gasteiger partial charge on any atom is -0.396 e. The van der Waals surface area contributed by atoms with E-state index in [2.05, 4.69) is 15.6 Å². The Balaban J connectivity index is 0.00000338. The highest BCUT2D eigenvalue weighted by molar-refractivity contribution is 14.0. The maximum absolute atomic E-state index is 13.7. The highest BCUT2D eigenvalue weighted by atomic mass is 127. The molecule has 0 saturated heterocycles. The molecule has 0 aliphatic heterocycles. The molecule has 1 fully saturated rings. The Hall–Kier alpha value is -0.960. The van der Waals surface area contributed by atoms with Crippen LogP contribution in [0.15, 0.2) is 23.2 Å². The predicted octanol–water partition coefficient (Wildman–Crippen LogP) is 3.97. The summed E-state index contributed by atoms with van der Waals surface area (Å²) in [4.78, 5) is 4.39. The average Bonchev–Trinajstić information content (AvgIpc) is 2.61. The molecule has 0 heterocycles. The minimum absolute atomic E-state index is 0. The number of aliphatic imine (C=N–C) groups is 1. The highest BCUT2D eigenvalue weighted by Crippen LogP contribution is 2.38. The van der Waals surface area contributed by atoms with Crippen molar-refractivity contribution in [3.8, 4) is 0 Å². The first kappa shape index (κ1) is 23.1. The van der Waals surface area contributed by atoms with Crippen LogP contribution in [0.5, 0.6) is 0 Å². The van der Waals surface area contributed by atoms with Crippen LogP contribution in [0.4, 0.5) is 8.78 Å². The van der Waals surface area contributed by atoms with Gasteiger partial charge in [-0.1, -0.05) is 19.3 Å². The third-order valence-corrected chi connectivity index (χ3v) is 4.95. The van der Waals surface area contributed by atoms with Crippen molar-refractivity contribution in [1.29, 1.82) is 0 Å². The summed E-state index contributed by atoms with van der Waals surface area (Å²) in [5, 5.41) is 15.9. The van der Waals surface area contributed by atoms with Gasteiger partial charge >= 0.3 is 0 Å². The van der Waals surface area contributed by atoms with Gasteiger partial charge in [-0.25, -0.2) is 13.8 Å². The van der Waals surface area contributed by atoms with Crippen LogP contribution < -0.4 is 10.6 Å². The fourth-order valence-electron chi connectivity index (χ4n) is 3.50. The maximum Gasteiger partial charge on any atom is 0.191 e. The number of hydrogen-bond acceptors (Lipinski definition) is 2. The van der Waals surface area contributed by atoms with Gasteiger partial charge in [0, 0.05) is 25.3 Å². The molecule has 1 aromatic rings. The van der Waals surface area contributed by atoms with Crippen molar-refractivity contribution in [3.63, 3.8) is 0 Å². The Kier molecular flexibility index (Phi) is 10.4. The molecule has 148 valence electrons. The van der Waals surface area contributed by atoms with Crippen LogP contribution in [-0.2, 0) is 6.54 Å². The van der Waals surface area contributed by atoms with Crippen LogP contribution in [0.25, 0.3) is 0 Å². The van der Waals surface area contributed by atoms with Gasteiger partial charge in [-0.3, -0.25) is 0 Å². The number of aliphatic hydroxyl groups excluding tert-OH is 1. The van der Waals surface area contributed by atoms with E-state index >= 15 is 0 Å². The molecule has 1 aliphatic carbocycles. The molecule has 0 radical (unpaired) electrons. The lowest BCUT2D eigenvalue weighted by atomic mass is 9.72. The fourth-order valence-corrected chi connectivity index (χ4v) is 3.50. The maximum atomic E-state index is 13.7. The lowest BCUT2D eigenvalue weighted by Crippen LogP contribution is -2.45. The monoisotopic (exact) mass is 481 g/mol. The van der Waals surface area contributed by atoms with Gasteiger partial charge in [-0.05, 0) is 49.8 Å². The molecule has 1 aromatic carbocycles. The van der Waals surface area contributed by atoms with Crippen molar-refractivity contribution >= 4 is 29.9 Å². The summed E-state index contributed by atoms with van der Waals surface area (Å²) in [5.41, 5.74) is 0.327. The molecular weight excluding hydrogens is 451 g/mol. The Labute approximate surface area is 171 Å². The molecule has 1 saturated carbocycles. The number of rotatable bonds is 7. The zero-order chi connectivity index (χ0) is 18.1. The number of guanidine groups is 1. The van der Waals surface area contributed by atoms with Gasteiger partial charge in [0.2, 0.25) is 0 Å². The largest absolute Gasteiger partial charge is 0.396 e. The first-order valence-electron chi connectivity index (χ1n) is 9.15. The first-order chi connectivity index (χ1) is 12.1. The summed E-state index contributed by atoms with van der Waals surface area (Å²) >= 11 is 0. The van der Waals surface area contributed by atoms with E-state index in [4.69, 9.17) is 0 Å². The van der Waals surface area contributed by atoms with Crippen molar-refractivity contribution in [2.75, 3.05) is 19.7 Å². The molecule has 3 N–H and O–H groups in total. The van der Waals surface area contributed by atoms with E-state index in [-0.39, 0.29) is 48.1 Å². The van der Waals surface area contributed by atoms with Crippen molar-refractivity contribution in [2.45, 2.75) is 52.0 Å². The van der Waals surface area contributed by atoms with Crippen LogP contribution in [0.1, 0.15) is 51.0 Å². The first-order valence-corrected chi connectivity index (χ1v) is 9.15. The predicted molar refractivity (Wildman–Crippen MR) is 112 cm³/mol. The topological polar surface area (TPSA) is 56.7 Å². The third-order valence-electron chi connectivity index (χ3n) is 4.95. The molecule has 26 heavy (non-hydrogen) atoms. The molecular formula is C19H30F2IN3O. The summed E-state index contributed by atoms with van der Waals surface area (Å²) in [6.07, 6.45) is 6.59. The van der Waals surface area contributed by atoms with Crippen molar-refractivity contribution in [3.05, 3.63) is 35.4 Å². The third kappa shape index (κ3) is 6.98. The van der Waals surface area contributed by atoms with Crippen LogP contribution in [-0.4, -0.2) is 30.8 Å². The quantitative estimate of drug-likeness (QED) is 0.314. The molecule has 4 nitrogen and oxygen atoms in total. The van der Waals surface area contributed by atoms with Gasteiger partial charge in [0.25, 0.3) is 0 Å². The summed E-state index contributed by atoms with van der Waals surface area (Å²) < 4.78 is 27.0. The van der Waals surface area contributed by atoms with Crippen LogP contribution >= 0.6 is 24.0 Å². The Morgan fingerprint density at radius 2 is 1.92 bits per heavy atom. The summed E-state index contributed by atoms with van der Waals surface area (Å²) in [6.45, 7) is 3.63. The SMILES string of the molecule is CCNC(=NCc1cc(F)ccc1F)NCC1(CCO)CCCCC1.I. The van der Waals surface area contributed by atoms with Crippen molar-refractivity contribution in [2.24, 2.45) is 10.4 Å². The van der Waals surface area contributed by atoms with Gasteiger partial charge in [-0.2, -0.15) is 0 Å². The van der Waals surface area contributed by atoms with Gasteiger partial charge in [0.05, 0.1) is 6.54 Å². The van der Waals surface area contributed by atoms with E-state index < -0.39 is 11.6 Å². The molecule has 0 unspecified atom stereocenters. The number of aliphatic hydroxyl groups is 1. The number of benzene rings is 1. The molecule has 2 rings (SSSR count). The number of halogens is 3. The Bertz CT molecular complexity index is 572. The summed E-state index contributed by atoms with van der Waals surface area (Å²) in [5.74, 6) is -0.326. The normalized spacial score (nSPS) is 16.7. The van der Waals surface area contributed by atoms with E-state index in [0.29, 0.717) is 12.5 Å².